The Hall–Kier alpha value is -1.19. The third kappa shape index (κ3) is 6.19. The van der Waals surface area contributed by atoms with Crippen LogP contribution in [0.15, 0.2) is 4.42 Å². The van der Waals surface area contributed by atoms with Crippen LogP contribution in [0.1, 0.15) is 19.2 Å². The molecule has 98 valence electrons. The minimum absolute atomic E-state index is 0.142. The number of primary sulfonamides is 1. The number of nitrogens with one attached hydrogen (secondary N) is 2. The van der Waals surface area contributed by atoms with E-state index in [-0.39, 0.29) is 18.3 Å². The van der Waals surface area contributed by atoms with Gasteiger partial charge in [0, 0.05) is 6.54 Å². The molecule has 0 spiro atoms. The molecular weight excluding hydrogens is 246 g/mol. The highest BCUT2D eigenvalue weighted by atomic mass is 32.2. The summed E-state index contributed by atoms with van der Waals surface area (Å²) in [6.45, 7) is 3.57. The molecule has 9 heteroatoms. The van der Waals surface area contributed by atoms with E-state index in [0.29, 0.717) is 12.4 Å². The number of hydrogen-bond acceptors (Lipinski definition) is 7. The van der Waals surface area contributed by atoms with Gasteiger partial charge in [-0.3, -0.25) is 0 Å². The molecule has 8 nitrogen and oxygen atoms in total. The van der Waals surface area contributed by atoms with Crippen molar-refractivity contribution in [3.63, 3.8) is 0 Å². The van der Waals surface area contributed by atoms with E-state index >= 15 is 0 Å². The van der Waals surface area contributed by atoms with Crippen LogP contribution in [-0.2, 0) is 16.6 Å². The standard InChI is InChI=1S/C8H17N5O3S/c1-2-3-10-6-7-12-13-8(16-7)11-4-5-17(9,14)15/h10H,2-6H2,1H3,(H,11,13)(H2,9,14,15). The lowest BCUT2D eigenvalue weighted by Gasteiger charge is -1.99. The zero-order chi connectivity index (χ0) is 12.7. The van der Waals surface area contributed by atoms with Crippen LogP contribution >= 0.6 is 0 Å². The molecule has 1 rings (SSSR count). The monoisotopic (exact) mass is 263 g/mol. The van der Waals surface area contributed by atoms with E-state index in [1.54, 1.807) is 0 Å². The fourth-order valence-electron chi connectivity index (χ4n) is 1.07. The predicted molar refractivity (Wildman–Crippen MR) is 62.8 cm³/mol. The second-order valence-corrected chi connectivity index (χ2v) is 5.21. The Balaban J connectivity index is 2.30. The number of anilines is 1. The maximum absolute atomic E-state index is 10.7. The van der Waals surface area contributed by atoms with Crippen LogP contribution in [0.5, 0.6) is 0 Å². The van der Waals surface area contributed by atoms with Crippen molar-refractivity contribution in [2.45, 2.75) is 19.9 Å². The molecule has 1 aromatic rings. The number of sulfonamides is 1. The minimum atomic E-state index is -3.47. The van der Waals surface area contributed by atoms with Gasteiger partial charge in [-0.1, -0.05) is 12.0 Å². The molecule has 0 atom stereocenters. The summed E-state index contributed by atoms with van der Waals surface area (Å²) in [5, 5.41) is 18.1. The van der Waals surface area contributed by atoms with Gasteiger partial charge in [-0.25, -0.2) is 13.6 Å². The van der Waals surface area contributed by atoms with Gasteiger partial charge in [0.05, 0.1) is 12.3 Å². The van der Waals surface area contributed by atoms with Gasteiger partial charge in [0.2, 0.25) is 15.9 Å². The van der Waals surface area contributed by atoms with Gasteiger partial charge in [0.15, 0.2) is 0 Å². The largest absolute Gasteiger partial charge is 0.407 e. The number of rotatable bonds is 8. The molecule has 0 unspecified atom stereocenters. The fourth-order valence-corrected chi connectivity index (χ4v) is 1.46. The van der Waals surface area contributed by atoms with Crippen molar-refractivity contribution in [3.8, 4) is 0 Å². The third-order valence-electron chi connectivity index (χ3n) is 1.83. The molecule has 0 fully saturated rings. The Kier molecular flexibility index (Phi) is 5.32. The molecule has 0 aliphatic heterocycles. The topological polar surface area (TPSA) is 123 Å². The predicted octanol–water partition coefficient (Wildman–Crippen LogP) is -0.730. The lowest BCUT2D eigenvalue weighted by Crippen LogP contribution is -2.22. The van der Waals surface area contributed by atoms with E-state index in [9.17, 15) is 8.42 Å². The fraction of sp³-hybridized carbons (Fsp3) is 0.750. The highest BCUT2D eigenvalue weighted by Gasteiger charge is 2.06. The summed E-state index contributed by atoms with van der Waals surface area (Å²) in [5.74, 6) is 0.273. The number of nitrogens with zero attached hydrogens (tertiary/aromatic N) is 2. The molecule has 4 N–H and O–H groups in total. The van der Waals surface area contributed by atoms with Crippen LogP contribution in [-0.4, -0.2) is 37.5 Å². The van der Waals surface area contributed by atoms with E-state index in [0.717, 1.165) is 13.0 Å². The smallest absolute Gasteiger partial charge is 0.315 e. The first-order valence-electron chi connectivity index (χ1n) is 5.28. The quantitative estimate of drug-likeness (QED) is 0.528. The van der Waals surface area contributed by atoms with Crippen LogP contribution in [0.25, 0.3) is 0 Å². The number of nitrogens with two attached hydrogens (primary N) is 1. The summed E-state index contributed by atoms with van der Waals surface area (Å²) in [6.07, 6.45) is 1.02. The summed E-state index contributed by atoms with van der Waals surface area (Å²) in [7, 11) is -3.47. The van der Waals surface area contributed by atoms with Crippen LogP contribution in [0.4, 0.5) is 6.01 Å². The Morgan fingerprint density at radius 3 is 2.76 bits per heavy atom. The molecule has 0 aliphatic rings. The zero-order valence-corrected chi connectivity index (χ0v) is 10.5. The Labute approximate surface area is 100 Å². The van der Waals surface area contributed by atoms with E-state index < -0.39 is 10.0 Å². The minimum Gasteiger partial charge on any atom is -0.407 e. The molecule has 0 radical (unpaired) electrons. The van der Waals surface area contributed by atoms with Gasteiger partial charge < -0.3 is 15.1 Å². The second-order valence-electron chi connectivity index (χ2n) is 3.47. The molecule has 0 saturated carbocycles. The van der Waals surface area contributed by atoms with E-state index in [1.165, 1.54) is 0 Å². The third-order valence-corrected chi connectivity index (χ3v) is 2.61. The maximum atomic E-state index is 10.7. The molecule has 0 aliphatic carbocycles. The van der Waals surface area contributed by atoms with Crippen LogP contribution in [0.3, 0.4) is 0 Å². The van der Waals surface area contributed by atoms with Gasteiger partial charge in [-0.05, 0) is 13.0 Å². The molecule has 1 heterocycles. The van der Waals surface area contributed by atoms with Crippen molar-refractivity contribution in [1.29, 1.82) is 0 Å². The Morgan fingerprint density at radius 2 is 2.12 bits per heavy atom. The molecular formula is C8H17N5O3S. The second kappa shape index (κ2) is 6.52. The van der Waals surface area contributed by atoms with Gasteiger partial charge in [-0.2, -0.15) is 0 Å². The van der Waals surface area contributed by atoms with E-state index in [1.807, 2.05) is 0 Å². The highest BCUT2D eigenvalue weighted by Crippen LogP contribution is 2.04. The summed E-state index contributed by atoms with van der Waals surface area (Å²) in [6, 6.07) is 0.196. The van der Waals surface area contributed by atoms with Gasteiger partial charge >= 0.3 is 6.01 Å². The van der Waals surface area contributed by atoms with Crippen molar-refractivity contribution in [2.75, 3.05) is 24.2 Å². The van der Waals surface area contributed by atoms with Crippen LogP contribution < -0.4 is 15.8 Å². The molecule has 0 aromatic carbocycles. The van der Waals surface area contributed by atoms with Gasteiger partial charge in [0.1, 0.15) is 0 Å². The van der Waals surface area contributed by atoms with E-state index in [2.05, 4.69) is 27.8 Å². The maximum Gasteiger partial charge on any atom is 0.315 e. The first kappa shape index (κ1) is 13.9. The zero-order valence-electron chi connectivity index (χ0n) is 9.64. The van der Waals surface area contributed by atoms with Crippen molar-refractivity contribution in [1.82, 2.24) is 15.5 Å². The first-order valence-corrected chi connectivity index (χ1v) is 7.00. The van der Waals surface area contributed by atoms with Crippen LogP contribution in [0.2, 0.25) is 0 Å². The molecule has 1 aromatic heterocycles. The first-order chi connectivity index (χ1) is 8.01. The molecule has 17 heavy (non-hydrogen) atoms. The average Bonchev–Trinajstić information content (AvgIpc) is 2.64. The van der Waals surface area contributed by atoms with Crippen LogP contribution in [0, 0.1) is 0 Å². The normalized spacial score (nSPS) is 11.6. The lowest BCUT2D eigenvalue weighted by atomic mass is 10.5. The number of hydrogen-bond donors (Lipinski definition) is 3. The van der Waals surface area contributed by atoms with Crippen molar-refractivity contribution >= 4 is 16.0 Å². The molecule has 0 bridgehead atoms. The molecule has 0 saturated heterocycles. The highest BCUT2D eigenvalue weighted by molar-refractivity contribution is 7.89. The van der Waals surface area contributed by atoms with Gasteiger partial charge in [0.25, 0.3) is 0 Å². The van der Waals surface area contributed by atoms with E-state index in [4.69, 9.17) is 9.56 Å². The van der Waals surface area contributed by atoms with Crippen molar-refractivity contribution in [2.24, 2.45) is 5.14 Å². The van der Waals surface area contributed by atoms with Crippen molar-refractivity contribution < 1.29 is 12.8 Å². The molecule has 0 amide bonds. The van der Waals surface area contributed by atoms with Gasteiger partial charge in [-0.15, -0.1) is 5.10 Å². The summed E-state index contributed by atoms with van der Waals surface area (Å²) < 4.78 is 26.5. The average molecular weight is 263 g/mol. The number of aromatic nitrogens is 2. The Morgan fingerprint density at radius 1 is 1.35 bits per heavy atom. The Bertz CT molecular complexity index is 430. The summed E-state index contributed by atoms with van der Waals surface area (Å²) in [5.41, 5.74) is 0. The SMILES string of the molecule is CCCNCc1nnc(NCCS(N)(=O)=O)o1. The lowest BCUT2D eigenvalue weighted by molar-refractivity contribution is 0.477. The summed E-state index contributed by atoms with van der Waals surface area (Å²) in [4.78, 5) is 0. The van der Waals surface area contributed by atoms with Crippen molar-refractivity contribution in [3.05, 3.63) is 5.89 Å². The summed E-state index contributed by atoms with van der Waals surface area (Å²) >= 11 is 0.